The molecule has 1 aliphatic rings. The Bertz CT molecular complexity index is 975. The van der Waals surface area contributed by atoms with Gasteiger partial charge in [0, 0.05) is 22.0 Å². The first-order valence-corrected chi connectivity index (χ1v) is 11.6. The second-order valence-electron chi connectivity index (χ2n) is 6.46. The average Bonchev–Trinajstić information content (AvgIpc) is 2.63. The fraction of sp³-hybridized carbons (Fsp3) is 0.333. The van der Waals surface area contributed by atoms with Gasteiger partial charge in [-0.2, -0.15) is 13.2 Å². The number of alkyl halides is 3. The highest BCUT2D eigenvalue weighted by molar-refractivity contribution is 9.11. The number of benzene rings is 2. The van der Waals surface area contributed by atoms with Crippen LogP contribution < -0.4 is 9.62 Å². The van der Waals surface area contributed by atoms with E-state index in [2.05, 4.69) is 36.6 Å². The SMILES string of the molecule is O=S(=O)(Nc1cc(C(F)(F)F)ccc1N1CCCCC1)c1cc(Br)ccc1Br. The summed E-state index contributed by atoms with van der Waals surface area (Å²) in [6, 6.07) is 7.77. The van der Waals surface area contributed by atoms with Gasteiger partial charge in [0.1, 0.15) is 4.90 Å². The van der Waals surface area contributed by atoms with Gasteiger partial charge in [0.05, 0.1) is 16.9 Å². The zero-order valence-electron chi connectivity index (χ0n) is 14.6. The Kier molecular flexibility index (Phi) is 6.31. The lowest BCUT2D eigenvalue weighted by molar-refractivity contribution is -0.137. The predicted octanol–water partition coefficient (Wildman–Crippen LogP) is 6.02. The van der Waals surface area contributed by atoms with Gasteiger partial charge >= 0.3 is 6.18 Å². The Morgan fingerprint density at radius 3 is 2.29 bits per heavy atom. The van der Waals surface area contributed by atoms with Crippen molar-refractivity contribution < 1.29 is 21.6 Å². The summed E-state index contributed by atoms with van der Waals surface area (Å²) in [4.78, 5) is 1.85. The largest absolute Gasteiger partial charge is 0.416 e. The molecule has 0 aromatic heterocycles. The Morgan fingerprint density at radius 2 is 1.64 bits per heavy atom. The van der Waals surface area contributed by atoms with Crippen molar-refractivity contribution in [1.82, 2.24) is 0 Å². The average molecular weight is 542 g/mol. The van der Waals surface area contributed by atoms with Crippen molar-refractivity contribution in [1.29, 1.82) is 0 Å². The van der Waals surface area contributed by atoms with E-state index in [9.17, 15) is 21.6 Å². The van der Waals surface area contributed by atoms with Crippen LogP contribution in [0, 0.1) is 0 Å². The van der Waals surface area contributed by atoms with E-state index in [1.807, 2.05) is 4.90 Å². The third kappa shape index (κ3) is 4.83. The van der Waals surface area contributed by atoms with Gasteiger partial charge in [0.15, 0.2) is 0 Å². The summed E-state index contributed by atoms with van der Waals surface area (Å²) in [5.41, 5.74) is -0.537. The molecule has 0 bridgehead atoms. The topological polar surface area (TPSA) is 49.4 Å². The van der Waals surface area contributed by atoms with Gasteiger partial charge < -0.3 is 4.90 Å². The standard InChI is InChI=1S/C18H17Br2F3N2O2S/c19-13-5-6-14(20)17(11-13)28(26,27)24-15-10-12(18(21,22)23)4-7-16(15)25-8-2-1-3-9-25/h4-7,10-11,24H,1-3,8-9H2. The molecule has 0 atom stereocenters. The summed E-state index contributed by atoms with van der Waals surface area (Å²) in [6.45, 7) is 1.33. The summed E-state index contributed by atoms with van der Waals surface area (Å²) in [7, 11) is -4.11. The molecule has 4 nitrogen and oxygen atoms in total. The van der Waals surface area contributed by atoms with Crippen molar-refractivity contribution in [2.45, 2.75) is 30.3 Å². The smallest absolute Gasteiger partial charge is 0.370 e. The number of halogens is 5. The zero-order chi connectivity index (χ0) is 20.5. The van der Waals surface area contributed by atoms with Crippen molar-refractivity contribution in [3.05, 3.63) is 50.9 Å². The summed E-state index contributed by atoms with van der Waals surface area (Å²) in [5, 5.41) is 0. The van der Waals surface area contributed by atoms with Crippen LogP contribution in [0.2, 0.25) is 0 Å². The summed E-state index contributed by atoms with van der Waals surface area (Å²) < 4.78 is 68.7. The van der Waals surface area contributed by atoms with Crippen LogP contribution in [0.3, 0.4) is 0 Å². The van der Waals surface area contributed by atoms with Crippen LogP contribution in [-0.2, 0) is 16.2 Å². The van der Waals surface area contributed by atoms with E-state index in [0.717, 1.165) is 31.4 Å². The molecule has 1 saturated heterocycles. The third-order valence-corrected chi connectivity index (χ3v) is 7.30. The molecule has 0 aliphatic carbocycles. The number of sulfonamides is 1. The van der Waals surface area contributed by atoms with Crippen LogP contribution in [0.15, 0.2) is 50.2 Å². The van der Waals surface area contributed by atoms with E-state index in [1.165, 1.54) is 12.1 Å². The van der Waals surface area contributed by atoms with Crippen LogP contribution in [-0.4, -0.2) is 21.5 Å². The summed E-state index contributed by atoms with van der Waals surface area (Å²) in [5.74, 6) is 0. The molecular weight excluding hydrogens is 525 g/mol. The molecule has 28 heavy (non-hydrogen) atoms. The molecule has 152 valence electrons. The molecule has 0 radical (unpaired) electrons. The van der Waals surface area contributed by atoms with Crippen LogP contribution in [0.1, 0.15) is 24.8 Å². The first-order valence-electron chi connectivity index (χ1n) is 8.52. The molecule has 0 saturated carbocycles. The maximum absolute atomic E-state index is 13.2. The molecule has 3 rings (SSSR count). The van der Waals surface area contributed by atoms with E-state index in [-0.39, 0.29) is 10.6 Å². The van der Waals surface area contributed by atoms with Crippen LogP contribution in [0.5, 0.6) is 0 Å². The highest BCUT2D eigenvalue weighted by Gasteiger charge is 2.32. The van der Waals surface area contributed by atoms with E-state index < -0.39 is 21.8 Å². The lowest BCUT2D eigenvalue weighted by Crippen LogP contribution is -2.30. The van der Waals surface area contributed by atoms with Crippen LogP contribution in [0.25, 0.3) is 0 Å². The van der Waals surface area contributed by atoms with Crippen molar-refractivity contribution in [2.75, 3.05) is 22.7 Å². The quantitative estimate of drug-likeness (QED) is 0.515. The number of nitrogens with zero attached hydrogens (tertiary/aromatic N) is 1. The number of piperidine rings is 1. The number of anilines is 2. The Balaban J connectivity index is 2.06. The maximum Gasteiger partial charge on any atom is 0.416 e. The second-order valence-corrected chi connectivity index (χ2v) is 9.88. The van der Waals surface area contributed by atoms with E-state index >= 15 is 0 Å². The normalized spacial score (nSPS) is 15.5. The van der Waals surface area contributed by atoms with Crippen molar-refractivity contribution in [2.24, 2.45) is 0 Å². The summed E-state index contributed by atoms with van der Waals surface area (Å²) in [6.07, 6.45) is -1.71. The third-order valence-electron chi connectivity index (χ3n) is 4.45. The number of hydrogen-bond donors (Lipinski definition) is 1. The molecule has 1 heterocycles. The van der Waals surface area contributed by atoms with Gasteiger partial charge in [-0.15, -0.1) is 0 Å². The van der Waals surface area contributed by atoms with Crippen molar-refractivity contribution in [3.63, 3.8) is 0 Å². The van der Waals surface area contributed by atoms with Crippen LogP contribution >= 0.6 is 31.9 Å². The fourth-order valence-corrected chi connectivity index (χ4v) is 5.66. The molecule has 1 N–H and O–H groups in total. The molecule has 1 fully saturated rings. The van der Waals surface area contributed by atoms with Crippen LogP contribution in [0.4, 0.5) is 24.5 Å². The molecule has 10 heteroatoms. The monoisotopic (exact) mass is 540 g/mol. The minimum Gasteiger partial charge on any atom is -0.370 e. The van der Waals surface area contributed by atoms with Gasteiger partial charge in [-0.3, -0.25) is 4.72 Å². The second kappa shape index (κ2) is 8.23. The Labute approximate surface area is 178 Å². The lowest BCUT2D eigenvalue weighted by atomic mass is 10.1. The van der Waals surface area contributed by atoms with Gasteiger partial charge in [0.2, 0.25) is 0 Å². The Morgan fingerprint density at radius 1 is 0.964 bits per heavy atom. The van der Waals surface area contributed by atoms with Gasteiger partial charge in [0.25, 0.3) is 10.0 Å². The minimum absolute atomic E-state index is 0.0659. The lowest BCUT2D eigenvalue weighted by Gasteiger charge is -2.31. The van der Waals surface area contributed by atoms with Crippen molar-refractivity contribution in [3.8, 4) is 0 Å². The molecule has 2 aromatic carbocycles. The number of rotatable bonds is 4. The number of nitrogens with one attached hydrogen (secondary N) is 1. The van der Waals surface area contributed by atoms with Crippen molar-refractivity contribution >= 4 is 53.3 Å². The first kappa shape index (κ1) is 21.4. The van der Waals surface area contributed by atoms with Gasteiger partial charge in [-0.1, -0.05) is 15.9 Å². The highest BCUT2D eigenvalue weighted by atomic mass is 79.9. The fourth-order valence-electron chi connectivity index (χ4n) is 3.09. The molecule has 0 amide bonds. The van der Waals surface area contributed by atoms with E-state index in [4.69, 9.17) is 0 Å². The van der Waals surface area contributed by atoms with E-state index in [1.54, 1.807) is 12.1 Å². The highest BCUT2D eigenvalue weighted by Crippen LogP contribution is 2.38. The predicted molar refractivity (Wildman–Crippen MR) is 110 cm³/mol. The molecule has 0 spiro atoms. The van der Waals surface area contributed by atoms with Gasteiger partial charge in [-0.25, -0.2) is 8.42 Å². The zero-order valence-corrected chi connectivity index (χ0v) is 18.5. The molecule has 1 aliphatic heterocycles. The molecular formula is C18H17Br2F3N2O2S. The summed E-state index contributed by atoms with van der Waals surface area (Å²) >= 11 is 6.41. The number of hydrogen-bond acceptors (Lipinski definition) is 3. The minimum atomic E-state index is -4.57. The molecule has 0 unspecified atom stereocenters. The Hall–Kier alpha value is -1.26. The van der Waals surface area contributed by atoms with E-state index in [0.29, 0.717) is 27.7 Å². The molecule has 2 aromatic rings. The van der Waals surface area contributed by atoms with Gasteiger partial charge in [-0.05, 0) is 71.6 Å². The maximum atomic E-state index is 13.2. The first-order chi connectivity index (χ1) is 13.1.